The Bertz CT molecular complexity index is 356. The zero-order valence-corrected chi connectivity index (χ0v) is 9.30. The average Bonchev–Trinajstić information content (AvgIpc) is 2.18. The van der Waals surface area contributed by atoms with Gasteiger partial charge in [-0.1, -0.05) is 49.4 Å². The first kappa shape index (κ1) is 10.8. The van der Waals surface area contributed by atoms with Crippen LogP contribution in [0.1, 0.15) is 30.5 Å². The zero-order valence-electron chi connectivity index (χ0n) is 9.30. The molecular weight excluding hydrogens is 168 g/mol. The summed E-state index contributed by atoms with van der Waals surface area (Å²) in [7, 11) is 0. The summed E-state index contributed by atoms with van der Waals surface area (Å²) in [6.07, 6.45) is 5.14. The van der Waals surface area contributed by atoms with Crippen molar-refractivity contribution in [3.05, 3.63) is 53.1 Å². The Kier molecular flexibility index (Phi) is 3.70. The maximum absolute atomic E-state index is 3.74. The van der Waals surface area contributed by atoms with Gasteiger partial charge in [-0.05, 0) is 37.0 Å². The predicted molar refractivity (Wildman–Crippen MR) is 64.4 cm³/mol. The molecule has 0 spiro atoms. The molecule has 0 N–H and O–H groups in total. The molecule has 0 atom stereocenters. The van der Waals surface area contributed by atoms with E-state index in [-0.39, 0.29) is 0 Å². The Hall–Kier alpha value is -1.30. The normalized spacial score (nSPS) is 11.5. The van der Waals surface area contributed by atoms with E-state index in [9.17, 15) is 0 Å². The minimum atomic E-state index is 1.11. The minimum absolute atomic E-state index is 1.11. The summed E-state index contributed by atoms with van der Waals surface area (Å²) >= 11 is 0. The molecule has 0 aliphatic carbocycles. The fraction of sp³-hybridized carbons (Fsp3) is 0.286. The number of benzene rings is 1. The average molecular weight is 186 g/mol. The van der Waals surface area contributed by atoms with Crippen LogP contribution < -0.4 is 0 Å². The van der Waals surface area contributed by atoms with Crippen LogP contribution >= 0.6 is 0 Å². The SMILES string of the molecule is C=C/C(C)=C/c1ccc(CC)c(C)c1. The minimum Gasteiger partial charge on any atom is -0.0988 e. The molecule has 0 fully saturated rings. The predicted octanol–water partition coefficient (Wildman–Crippen LogP) is 4.15. The second-order valence-corrected chi connectivity index (χ2v) is 3.63. The molecule has 0 heteroatoms. The van der Waals surface area contributed by atoms with Gasteiger partial charge in [-0.25, -0.2) is 0 Å². The molecule has 0 saturated heterocycles. The van der Waals surface area contributed by atoms with Crippen LogP contribution in [-0.4, -0.2) is 0 Å². The number of hydrogen-bond acceptors (Lipinski definition) is 0. The maximum Gasteiger partial charge on any atom is -0.0251 e. The summed E-state index contributed by atoms with van der Waals surface area (Å²) in [6, 6.07) is 6.60. The van der Waals surface area contributed by atoms with Gasteiger partial charge in [-0.3, -0.25) is 0 Å². The van der Waals surface area contributed by atoms with Gasteiger partial charge in [0.05, 0.1) is 0 Å². The number of aryl methyl sites for hydroxylation is 2. The first-order chi connectivity index (χ1) is 6.67. The molecule has 0 nitrogen and oxygen atoms in total. The van der Waals surface area contributed by atoms with Crippen molar-refractivity contribution < 1.29 is 0 Å². The van der Waals surface area contributed by atoms with Crippen LogP contribution in [0.15, 0.2) is 36.4 Å². The van der Waals surface area contributed by atoms with Crippen LogP contribution in [0.3, 0.4) is 0 Å². The van der Waals surface area contributed by atoms with E-state index < -0.39 is 0 Å². The highest BCUT2D eigenvalue weighted by Gasteiger charge is 1.96. The van der Waals surface area contributed by atoms with Crippen LogP contribution in [0.25, 0.3) is 6.08 Å². The highest BCUT2D eigenvalue weighted by Crippen LogP contribution is 2.14. The molecule has 0 aromatic heterocycles. The third-order valence-corrected chi connectivity index (χ3v) is 2.46. The highest BCUT2D eigenvalue weighted by molar-refractivity contribution is 5.56. The molecule has 0 bridgehead atoms. The molecule has 1 rings (SSSR count). The van der Waals surface area contributed by atoms with Crippen LogP contribution in [0.5, 0.6) is 0 Å². The summed E-state index contributed by atoms with van der Waals surface area (Å²) in [5, 5.41) is 0. The molecule has 0 heterocycles. The Balaban J connectivity index is 3.03. The van der Waals surface area contributed by atoms with Crippen LogP contribution in [0.4, 0.5) is 0 Å². The second-order valence-electron chi connectivity index (χ2n) is 3.63. The van der Waals surface area contributed by atoms with E-state index >= 15 is 0 Å². The van der Waals surface area contributed by atoms with Crippen molar-refractivity contribution in [1.82, 2.24) is 0 Å². The van der Waals surface area contributed by atoms with Gasteiger partial charge < -0.3 is 0 Å². The first-order valence-electron chi connectivity index (χ1n) is 5.07. The van der Waals surface area contributed by atoms with Crippen LogP contribution in [-0.2, 0) is 6.42 Å². The zero-order chi connectivity index (χ0) is 10.6. The second kappa shape index (κ2) is 4.80. The summed E-state index contributed by atoms with van der Waals surface area (Å²) in [5.41, 5.74) is 5.27. The van der Waals surface area contributed by atoms with Gasteiger partial charge in [-0.2, -0.15) is 0 Å². The molecule has 0 amide bonds. The molecular formula is C14H18. The number of allylic oxidation sites excluding steroid dienone is 2. The van der Waals surface area contributed by atoms with E-state index in [1.807, 2.05) is 6.08 Å². The van der Waals surface area contributed by atoms with Gasteiger partial charge in [-0.15, -0.1) is 0 Å². The van der Waals surface area contributed by atoms with E-state index in [1.165, 1.54) is 22.3 Å². The molecule has 74 valence electrons. The van der Waals surface area contributed by atoms with Crippen molar-refractivity contribution >= 4 is 6.08 Å². The van der Waals surface area contributed by atoms with Gasteiger partial charge in [0, 0.05) is 0 Å². The fourth-order valence-corrected chi connectivity index (χ4v) is 1.53. The third kappa shape index (κ3) is 2.59. The van der Waals surface area contributed by atoms with Gasteiger partial charge >= 0.3 is 0 Å². The largest absolute Gasteiger partial charge is 0.0988 e. The van der Waals surface area contributed by atoms with Crippen molar-refractivity contribution in [2.45, 2.75) is 27.2 Å². The van der Waals surface area contributed by atoms with Gasteiger partial charge in [0.15, 0.2) is 0 Å². The number of rotatable bonds is 3. The van der Waals surface area contributed by atoms with Gasteiger partial charge in [0.2, 0.25) is 0 Å². The van der Waals surface area contributed by atoms with Crippen LogP contribution in [0, 0.1) is 6.92 Å². The molecule has 0 aliphatic heterocycles. The van der Waals surface area contributed by atoms with Gasteiger partial charge in [0.1, 0.15) is 0 Å². The third-order valence-electron chi connectivity index (χ3n) is 2.46. The highest BCUT2D eigenvalue weighted by atomic mass is 14.0. The fourth-order valence-electron chi connectivity index (χ4n) is 1.53. The molecule has 14 heavy (non-hydrogen) atoms. The van der Waals surface area contributed by atoms with Crippen molar-refractivity contribution in [3.63, 3.8) is 0 Å². The lowest BCUT2D eigenvalue weighted by atomic mass is 10.0. The van der Waals surface area contributed by atoms with Crippen molar-refractivity contribution in [2.24, 2.45) is 0 Å². The van der Waals surface area contributed by atoms with Gasteiger partial charge in [0.25, 0.3) is 0 Å². The Morgan fingerprint density at radius 2 is 2.14 bits per heavy atom. The standard InChI is InChI=1S/C14H18/c1-5-11(3)9-13-7-8-14(6-2)12(4)10-13/h5,7-10H,1,6H2,2-4H3/b11-9+. The molecule has 1 aromatic rings. The van der Waals surface area contributed by atoms with E-state index in [0.717, 1.165) is 6.42 Å². The lowest BCUT2D eigenvalue weighted by Crippen LogP contribution is -1.86. The van der Waals surface area contributed by atoms with E-state index in [0.29, 0.717) is 0 Å². The van der Waals surface area contributed by atoms with Crippen LogP contribution in [0.2, 0.25) is 0 Å². The smallest absolute Gasteiger partial charge is 0.0251 e. The van der Waals surface area contributed by atoms with Crippen molar-refractivity contribution in [2.75, 3.05) is 0 Å². The molecule has 1 aromatic carbocycles. The summed E-state index contributed by atoms with van der Waals surface area (Å²) in [6.45, 7) is 10.2. The lowest BCUT2D eigenvalue weighted by molar-refractivity contribution is 1.11. The number of hydrogen-bond donors (Lipinski definition) is 0. The monoisotopic (exact) mass is 186 g/mol. The first-order valence-corrected chi connectivity index (χ1v) is 5.07. The van der Waals surface area contributed by atoms with Crippen molar-refractivity contribution in [1.29, 1.82) is 0 Å². The molecule has 0 saturated carbocycles. The lowest BCUT2D eigenvalue weighted by Gasteiger charge is -2.04. The molecule has 0 aliphatic rings. The quantitative estimate of drug-likeness (QED) is 0.622. The van der Waals surface area contributed by atoms with E-state index in [1.54, 1.807) is 0 Å². The summed E-state index contributed by atoms with van der Waals surface area (Å²) < 4.78 is 0. The maximum atomic E-state index is 3.74. The molecule has 0 radical (unpaired) electrons. The summed E-state index contributed by atoms with van der Waals surface area (Å²) in [4.78, 5) is 0. The topological polar surface area (TPSA) is 0 Å². The Labute approximate surface area is 87.0 Å². The summed E-state index contributed by atoms with van der Waals surface area (Å²) in [5.74, 6) is 0. The molecule has 0 unspecified atom stereocenters. The Morgan fingerprint density at radius 3 is 2.64 bits per heavy atom. The Morgan fingerprint density at radius 1 is 1.43 bits per heavy atom. The van der Waals surface area contributed by atoms with E-state index in [4.69, 9.17) is 0 Å². The van der Waals surface area contributed by atoms with E-state index in [2.05, 4.69) is 51.6 Å². The van der Waals surface area contributed by atoms with Crippen molar-refractivity contribution in [3.8, 4) is 0 Å².